The summed E-state index contributed by atoms with van der Waals surface area (Å²) in [5, 5.41) is 4.52. The van der Waals surface area contributed by atoms with Crippen LogP contribution in [-0.4, -0.2) is 18.8 Å². The summed E-state index contributed by atoms with van der Waals surface area (Å²) in [7, 11) is -4.25. The third-order valence-electron chi connectivity index (χ3n) is 2.23. The third kappa shape index (κ3) is 3.97. The second-order valence-electron chi connectivity index (χ2n) is 3.41. The maximum atomic E-state index is 10.5. The molecule has 84 valence electrons. The first kappa shape index (κ1) is 14.5. The van der Waals surface area contributed by atoms with Crippen LogP contribution in [0.5, 0.6) is 0 Å². The molecule has 0 aromatic heterocycles. The van der Waals surface area contributed by atoms with Gasteiger partial charge in [-0.1, -0.05) is 36.4 Å². The summed E-state index contributed by atoms with van der Waals surface area (Å²) in [5.74, 6) is -0.596. The van der Waals surface area contributed by atoms with E-state index in [2.05, 4.69) is 5.32 Å². The predicted octanol–water partition coefficient (Wildman–Crippen LogP) is -1.24. The monoisotopic (exact) mass is 259 g/mol. The predicted molar refractivity (Wildman–Crippen MR) is 62.1 cm³/mol. The number of rotatable bonds is 3. The molecule has 0 unspecified atom stereocenters. The van der Waals surface area contributed by atoms with Gasteiger partial charge in [0.1, 0.15) is 16.0 Å². The molecule has 0 aliphatic heterocycles. The number of nitrogens with one attached hydrogen (secondary N) is 1. The molecule has 0 atom stereocenters. The molecule has 0 aliphatic carbocycles. The molecule has 0 saturated carbocycles. The van der Waals surface area contributed by atoms with Crippen molar-refractivity contribution < 1.29 is 42.5 Å². The van der Waals surface area contributed by atoms with Crippen LogP contribution < -0.4 is 34.9 Å². The number of fused-ring (bicyclic) bond motifs is 1. The van der Waals surface area contributed by atoms with Crippen LogP contribution in [-0.2, 0) is 10.1 Å². The van der Waals surface area contributed by atoms with Crippen LogP contribution >= 0.6 is 0 Å². The average Bonchev–Trinajstić information content (AvgIpc) is 2.25. The molecule has 0 fully saturated rings. The fraction of sp³-hybridized carbons (Fsp3) is 0.0909. The fourth-order valence-electron chi connectivity index (χ4n) is 1.55. The molecule has 2 aromatic carbocycles. The Morgan fingerprint density at radius 1 is 1.06 bits per heavy atom. The topological polar surface area (TPSA) is 69.2 Å². The van der Waals surface area contributed by atoms with Gasteiger partial charge in [0.05, 0.1) is 0 Å². The average molecular weight is 259 g/mol. The minimum Gasteiger partial charge on any atom is -0.747 e. The van der Waals surface area contributed by atoms with Gasteiger partial charge in [-0.2, -0.15) is 0 Å². The zero-order chi connectivity index (χ0) is 11.6. The second-order valence-corrected chi connectivity index (χ2v) is 4.81. The van der Waals surface area contributed by atoms with E-state index in [-0.39, 0.29) is 29.6 Å². The maximum Gasteiger partial charge on any atom is 1.00 e. The van der Waals surface area contributed by atoms with Crippen molar-refractivity contribution in [3.8, 4) is 0 Å². The van der Waals surface area contributed by atoms with E-state index in [0.717, 1.165) is 10.8 Å². The van der Waals surface area contributed by atoms with E-state index < -0.39 is 16.0 Å². The fourth-order valence-corrected chi connectivity index (χ4v) is 1.88. The Bertz CT molecular complexity index is 608. The van der Waals surface area contributed by atoms with Crippen LogP contribution in [0.1, 0.15) is 0 Å². The molecule has 4 nitrogen and oxygen atoms in total. The Morgan fingerprint density at radius 3 is 2.41 bits per heavy atom. The van der Waals surface area contributed by atoms with Crippen LogP contribution in [0, 0.1) is 0 Å². The van der Waals surface area contributed by atoms with Gasteiger partial charge in [0.15, 0.2) is 0 Å². The summed E-state index contributed by atoms with van der Waals surface area (Å²) < 4.78 is 31.6. The molecule has 0 radical (unpaired) electrons. The summed E-state index contributed by atoms with van der Waals surface area (Å²) in [6, 6.07) is 13.0. The summed E-state index contributed by atoms with van der Waals surface area (Å²) >= 11 is 0. The summed E-state index contributed by atoms with van der Waals surface area (Å²) in [4.78, 5) is 0. The van der Waals surface area contributed by atoms with Gasteiger partial charge in [0.2, 0.25) is 0 Å². The van der Waals surface area contributed by atoms with Crippen LogP contribution in [0.25, 0.3) is 10.8 Å². The summed E-state index contributed by atoms with van der Waals surface area (Å²) in [5.41, 5.74) is 0.650. The maximum absolute atomic E-state index is 10.5. The van der Waals surface area contributed by atoms with Crippen molar-refractivity contribution in [1.82, 2.24) is 0 Å². The number of hydrogen-bond donors (Lipinski definition) is 1. The molecule has 0 spiro atoms. The van der Waals surface area contributed by atoms with Crippen LogP contribution in [0.3, 0.4) is 0 Å². The van der Waals surface area contributed by atoms with Gasteiger partial charge in [0.25, 0.3) is 0 Å². The van der Waals surface area contributed by atoms with E-state index in [0.29, 0.717) is 5.69 Å². The minimum absolute atomic E-state index is 0. The largest absolute Gasteiger partial charge is 1.00 e. The quantitative estimate of drug-likeness (QED) is 0.553. The van der Waals surface area contributed by atoms with Gasteiger partial charge in [-0.3, -0.25) is 0 Å². The molecule has 17 heavy (non-hydrogen) atoms. The van der Waals surface area contributed by atoms with Crippen molar-refractivity contribution >= 4 is 26.6 Å². The van der Waals surface area contributed by atoms with E-state index >= 15 is 0 Å². The summed E-state index contributed by atoms with van der Waals surface area (Å²) in [6.07, 6.45) is 0. The van der Waals surface area contributed by atoms with Crippen molar-refractivity contribution in [1.29, 1.82) is 0 Å². The van der Waals surface area contributed by atoms with E-state index in [1.807, 2.05) is 36.4 Å². The van der Waals surface area contributed by atoms with E-state index in [4.69, 9.17) is 0 Å². The molecule has 1 N–H and O–H groups in total. The third-order valence-corrected chi connectivity index (χ3v) is 2.73. The van der Waals surface area contributed by atoms with Gasteiger partial charge < -0.3 is 9.87 Å². The number of anilines is 1. The zero-order valence-electron chi connectivity index (χ0n) is 9.38. The van der Waals surface area contributed by atoms with Crippen molar-refractivity contribution in [2.45, 2.75) is 0 Å². The Labute approximate surface area is 122 Å². The SMILES string of the molecule is O=S(=O)([O-])CNc1cccc2ccccc12.[Na+]. The second kappa shape index (κ2) is 5.84. The number of benzene rings is 2. The molecule has 2 rings (SSSR count). The van der Waals surface area contributed by atoms with Crippen molar-refractivity contribution in [3.05, 3.63) is 42.5 Å². The van der Waals surface area contributed by atoms with Gasteiger partial charge in [-0.05, 0) is 11.5 Å². The van der Waals surface area contributed by atoms with Crippen LogP contribution in [0.15, 0.2) is 42.5 Å². The molecule has 2 aromatic rings. The Balaban J connectivity index is 0.00000144. The van der Waals surface area contributed by atoms with E-state index in [1.54, 1.807) is 6.07 Å². The van der Waals surface area contributed by atoms with E-state index in [9.17, 15) is 13.0 Å². The van der Waals surface area contributed by atoms with E-state index in [1.165, 1.54) is 0 Å². The first-order chi connectivity index (χ1) is 7.56. The zero-order valence-corrected chi connectivity index (χ0v) is 12.2. The molecule has 6 heteroatoms. The van der Waals surface area contributed by atoms with Gasteiger partial charge in [0, 0.05) is 11.1 Å². The summed E-state index contributed by atoms with van der Waals surface area (Å²) in [6.45, 7) is 0. The van der Waals surface area contributed by atoms with Crippen LogP contribution in [0.2, 0.25) is 0 Å². The standard InChI is InChI=1S/C11H11NO3S.Na/c13-16(14,15)8-12-11-7-3-5-9-4-1-2-6-10(9)11;/h1-7,12H,8H2,(H,13,14,15);/q;+1/p-1. The van der Waals surface area contributed by atoms with Gasteiger partial charge in [-0.25, -0.2) is 8.42 Å². The van der Waals surface area contributed by atoms with Crippen molar-refractivity contribution in [2.24, 2.45) is 0 Å². The Kier molecular flexibility index (Phi) is 4.97. The molecule has 0 heterocycles. The van der Waals surface area contributed by atoms with Crippen LogP contribution in [0.4, 0.5) is 5.69 Å². The molecule has 0 saturated heterocycles. The smallest absolute Gasteiger partial charge is 0.747 e. The molecular formula is C11H10NNaO3S. The minimum atomic E-state index is -4.25. The molecular weight excluding hydrogens is 249 g/mol. The Morgan fingerprint density at radius 2 is 1.71 bits per heavy atom. The molecule has 0 aliphatic rings. The Hall–Kier alpha value is -0.590. The molecule has 0 bridgehead atoms. The first-order valence-corrected chi connectivity index (χ1v) is 6.29. The molecule has 0 amide bonds. The van der Waals surface area contributed by atoms with Crippen molar-refractivity contribution in [3.63, 3.8) is 0 Å². The van der Waals surface area contributed by atoms with Gasteiger partial charge >= 0.3 is 29.6 Å². The normalized spacial score (nSPS) is 10.9. The van der Waals surface area contributed by atoms with Crippen molar-refractivity contribution in [2.75, 3.05) is 11.2 Å². The number of hydrogen-bond acceptors (Lipinski definition) is 4. The van der Waals surface area contributed by atoms with Gasteiger partial charge in [-0.15, -0.1) is 0 Å². The first-order valence-electron chi connectivity index (χ1n) is 4.71.